The molecule has 0 saturated carbocycles. The molecule has 3 nitrogen and oxygen atoms in total. The van der Waals surface area contributed by atoms with E-state index in [0.29, 0.717) is 0 Å². The molecule has 67 heavy (non-hydrogen) atoms. The summed E-state index contributed by atoms with van der Waals surface area (Å²) in [7, 11) is 0. The quantitative estimate of drug-likeness (QED) is 0.164. The second-order valence-corrected chi connectivity index (χ2v) is 24.4. The van der Waals surface area contributed by atoms with E-state index < -0.39 is 0 Å². The van der Waals surface area contributed by atoms with E-state index >= 15 is 0 Å². The fourth-order valence-corrected chi connectivity index (χ4v) is 11.5. The lowest BCUT2D eigenvalue weighted by atomic mass is 9.33. The zero-order valence-electron chi connectivity index (χ0n) is 42.8. The summed E-state index contributed by atoms with van der Waals surface area (Å²) >= 11 is 6.86. The maximum absolute atomic E-state index is 6.86. The minimum Gasteiger partial charge on any atom is -0.311 e. The predicted octanol–water partition coefficient (Wildman–Crippen LogP) is 15.9. The van der Waals surface area contributed by atoms with Crippen LogP contribution in [-0.2, 0) is 21.7 Å². The van der Waals surface area contributed by atoms with Crippen LogP contribution < -0.4 is 26.2 Å². The number of rotatable bonds is 3. The molecule has 0 N–H and O–H groups in total. The Labute approximate surface area is 405 Å². The third-order valence-corrected chi connectivity index (χ3v) is 15.0. The molecule has 7 aromatic carbocycles. The normalized spacial score (nSPS) is 14.0. The van der Waals surface area contributed by atoms with Crippen molar-refractivity contribution in [3.8, 4) is 5.69 Å². The molecule has 0 fully saturated rings. The van der Waals surface area contributed by atoms with Gasteiger partial charge in [0, 0.05) is 44.2 Å². The van der Waals surface area contributed by atoms with Crippen molar-refractivity contribution in [2.45, 2.75) is 132 Å². The number of halogens is 1. The van der Waals surface area contributed by atoms with E-state index in [0.717, 1.165) is 21.8 Å². The van der Waals surface area contributed by atoms with Crippen molar-refractivity contribution in [3.63, 3.8) is 0 Å². The van der Waals surface area contributed by atoms with Crippen LogP contribution in [0.15, 0.2) is 115 Å². The van der Waals surface area contributed by atoms with E-state index in [-0.39, 0.29) is 28.4 Å². The van der Waals surface area contributed by atoms with Crippen molar-refractivity contribution in [2.24, 2.45) is 0 Å². The molecule has 0 radical (unpaired) electrons. The minimum atomic E-state index is -0.148. The van der Waals surface area contributed by atoms with Gasteiger partial charge in [-0.2, -0.15) is 0 Å². The van der Waals surface area contributed by atoms with Gasteiger partial charge in [0.15, 0.2) is 0 Å². The smallest absolute Gasteiger partial charge is 0.252 e. The Bertz CT molecular complexity index is 3300. The summed E-state index contributed by atoms with van der Waals surface area (Å²) in [5.41, 5.74) is 24.9. The van der Waals surface area contributed by atoms with E-state index in [1.54, 1.807) is 0 Å². The molecule has 0 amide bonds. The number of hydrogen-bond donors (Lipinski definition) is 0. The van der Waals surface area contributed by atoms with Crippen molar-refractivity contribution in [1.29, 1.82) is 0 Å². The van der Waals surface area contributed by atoms with Gasteiger partial charge in [-0.05, 0) is 171 Å². The van der Waals surface area contributed by atoms with Crippen LogP contribution in [0.3, 0.4) is 0 Å². The number of aryl methyl sites for hydroxylation is 4. The van der Waals surface area contributed by atoms with Gasteiger partial charge in [0.2, 0.25) is 0 Å². The largest absolute Gasteiger partial charge is 0.311 e. The van der Waals surface area contributed by atoms with Gasteiger partial charge in [-0.1, -0.05) is 149 Å². The lowest BCUT2D eigenvalue weighted by Gasteiger charge is -2.46. The summed E-state index contributed by atoms with van der Waals surface area (Å²) in [6.07, 6.45) is 0. The summed E-state index contributed by atoms with van der Waals surface area (Å²) in [4.78, 5) is 5.27. The lowest BCUT2D eigenvalue weighted by Crippen LogP contribution is -2.61. The van der Waals surface area contributed by atoms with Crippen molar-refractivity contribution >= 4 is 90.6 Å². The Hall–Kier alpha value is -5.71. The average molecular weight is 901 g/mol. The zero-order chi connectivity index (χ0) is 48.0. The van der Waals surface area contributed by atoms with Gasteiger partial charge in [-0.25, -0.2) is 0 Å². The molecule has 2 aliphatic rings. The second kappa shape index (κ2) is 15.1. The minimum absolute atomic E-state index is 0.00335. The molecule has 0 bridgehead atoms. The predicted molar refractivity (Wildman–Crippen MR) is 294 cm³/mol. The van der Waals surface area contributed by atoms with Crippen LogP contribution in [0.25, 0.3) is 27.5 Å². The Morgan fingerprint density at radius 2 is 0.851 bits per heavy atom. The fraction of sp³-hybridized carbons (Fsp3) is 0.323. The molecular formula is C62H67BClN3. The molecule has 10 rings (SSSR count). The molecule has 3 heterocycles. The van der Waals surface area contributed by atoms with E-state index in [9.17, 15) is 0 Å². The molecule has 5 heteroatoms. The third kappa shape index (κ3) is 7.23. The highest BCUT2D eigenvalue weighted by Crippen LogP contribution is 2.51. The average Bonchev–Trinajstić information content (AvgIpc) is 3.55. The summed E-state index contributed by atoms with van der Waals surface area (Å²) < 4.78 is 2.50. The van der Waals surface area contributed by atoms with Gasteiger partial charge in [0.25, 0.3) is 6.71 Å². The van der Waals surface area contributed by atoms with Gasteiger partial charge < -0.3 is 14.4 Å². The number of benzene rings is 7. The van der Waals surface area contributed by atoms with Crippen molar-refractivity contribution < 1.29 is 0 Å². The molecule has 8 aromatic rings. The molecule has 0 saturated heterocycles. The van der Waals surface area contributed by atoms with Gasteiger partial charge in [0.05, 0.1) is 22.4 Å². The highest BCUT2D eigenvalue weighted by Gasteiger charge is 2.46. The monoisotopic (exact) mass is 900 g/mol. The van der Waals surface area contributed by atoms with Crippen LogP contribution in [-0.4, -0.2) is 11.3 Å². The highest BCUT2D eigenvalue weighted by atomic mass is 35.5. The zero-order valence-corrected chi connectivity index (χ0v) is 43.5. The van der Waals surface area contributed by atoms with Crippen molar-refractivity contribution in [2.75, 3.05) is 9.80 Å². The number of fused-ring (bicyclic) bond motifs is 7. The van der Waals surface area contributed by atoms with E-state index in [1.165, 1.54) is 106 Å². The molecule has 0 spiro atoms. The number of anilines is 6. The van der Waals surface area contributed by atoms with Crippen LogP contribution in [0.1, 0.15) is 128 Å². The first kappa shape index (κ1) is 45.1. The fourth-order valence-electron chi connectivity index (χ4n) is 11.2. The number of aromatic nitrogens is 1. The first-order valence-corrected chi connectivity index (χ1v) is 24.7. The third-order valence-electron chi connectivity index (χ3n) is 14.8. The van der Waals surface area contributed by atoms with Crippen LogP contribution in [0.4, 0.5) is 34.1 Å². The maximum Gasteiger partial charge on any atom is 0.252 e. The van der Waals surface area contributed by atoms with Gasteiger partial charge in [-0.3, -0.25) is 0 Å². The Kier molecular flexibility index (Phi) is 10.2. The van der Waals surface area contributed by atoms with Gasteiger partial charge in [-0.15, -0.1) is 0 Å². The Morgan fingerprint density at radius 1 is 0.403 bits per heavy atom. The Morgan fingerprint density at radius 3 is 1.39 bits per heavy atom. The first-order valence-electron chi connectivity index (χ1n) is 24.3. The summed E-state index contributed by atoms with van der Waals surface area (Å²) in [5.74, 6) is 0. The number of para-hydroxylation sites is 1. The molecule has 0 aliphatic carbocycles. The van der Waals surface area contributed by atoms with Gasteiger partial charge >= 0.3 is 0 Å². The topological polar surface area (TPSA) is 11.4 Å². The Balaban J connectivity index is 1.42. The summed E-state index contributed by atoms with van der Waals surface area (Å²) in [6.45, 7) is 37.1. The lowest BCUT2D eigenvalue weighted by molar-refractivity contribution is 0.589. The first-order chi connectivity index (χ1) is 31.3. The van der Waals surface area contributed by atoms with Crippen molar-refractivity contribution in [3.05, 3.63) is 165 Å². The second-order valence-electron chi connectivity index (χ2n) is 24.0. The van der Waals surface area contributed by atoms with E-state index in [2.05, 4.69) is 240 Å². The maximum atomic E-state index is 6.86. The molecular weight excluding hydrogens is 833 g/mol. The molecule has 2 aliphatic heterocycles. The summed E-state index contributed by atoms with van der Waals surface area (Å²) in [6, 6.07) is 44.8. The van der Waals surface area contributed by atoms with Gasteiger partial charge in [0.1, 0.15) is 0 Å². The molecule has 0 unspecified atom stereocenters. The number of nitrogens with zero attached hydrogens (tertiary/aromatic N) is 3. The molecule has 0 atom stereocenters. The highest BCUT2D eigenvalue weighted by molar-refractivity contribution is 7.00. The van der Waals surface area contributed by atoms with Crippen LogP contribution in [0.2, 0.25) is 5.02 Å². The van der Waals surface area contributed by atoms with Crippen LogP contribution in [0, 0.1) is 27.7 Å². The SMILES string of the molecule is Cc1cc(Cl)cc(C)c1N1c2cc(C(C)(C)C)ccc2B2c3cc4c5cc(C(C)(C)C)ccc5n(-c5ccccc5)c4cc3N(c3c(C)cc(C(C)(C)C)cc3C)c3cc(C(C)(C)C)cc1c32. The summed E-state index contributed by atoms with van der Waals surface area (Å²) in [5, 5.41) is 3.32. The number of hydrogen-bond acceptors (Lipinski definition) is 2. The van der Waals surface area contributed by atoms with Crippen LogP contribution >= 0.6 is 11.6 Å². The van der Waals surface area contributed by atoms with E-state index in [4.69, 9.17) is 11.6 Å². The van der Waals surface area contributed by atoms with Crippen molar-refractivity contribution in [1.82, 2.24) is 4.57 Å². The molecule has 340 valence electrons. The van der Waals surface area contributed by atoms with Crippen LogP contribution in [0.5, 0.6) is 0 Å². The van der Waals surface area contributed by atoms with E-state index in [1.807, 2.05) is 0 Å². The molecule has 1 aromatic heterocycles. The standard InChI is InChI=1S/C62H67BClN3/c1-36-26-42(61(11,12)13)27-37(2)57(36)67-53-35-51-47(46-30-40(59(5,6)7)23-25-50(46)65(51)45-20-18-17-19-21-45)34-49(53)63-48-24-22-41(60(8,9)10)31-52(48)66(58-38(3)28-44(64)29-39(58)4)54-32-43(62(14,15)16)33-55(67)56(54)63/h17-35H,1-16H3.